The molecule has 0 saturated carbocycles. The summed E-state index contributed by atoms with van der Waals surface area (Å²) in [4.78, 5) is 80.6. The van der Waals surface area contributed by atoms with Gasteiger partial charge in [-0.3, -0.25) is 19.2 Å². The van der Waals surface area contributed by atoms with Crippen molar-refractivity contribution in [2.75, 3.05) is 13.2 Å². The molecule has 0 radical (unpaired) electrons. The number of rotatable bonds is 15. The van der Waals surface area contributed by atoms with E-state index < -0.39 is 60.2 Å². The van der Waals surface area contributed by atoms with Crippen molar-refractivity contribution in [1.82, 2.24) is 15.5 Å². The van der Waals surface area contributed by atoms with Gasteiger partial charge in [0.25, 0.3) is 0 Å². The average Bonchev–Trinajstić information content (AvgIpc) is 3.61. The fourth-order valence-corrected chi connectivity index (χ4v) is 5.53. The minimum absolute atomic E-state index is 0.0331. The highest BCUT2D eigenvalue weighted by molar-refractivity contribution is 5.98. The second-order valence-electron chi connectivity index (χ2n) is 13.2. The molecule has 3 aromatic rings. The Kier molecular flexibility index (Phi) is 13.9. The number of nitrogens with zero attached hydrogens (tertiary/aromatic N) is 1. The molecule has 2 N–H and O–H groups in total. The van der Waals surface area contributed by atoms with Crippen molar-refractivity contribution in [2.45, 2.75) is 83.2 Å². The number of ether oxygens (including phenoxy) is 3. The van der Waals surface area contributed by atoms with Crippen LogP contribution in [0.2, 0.25) is 0 Å². The Labute approximate surface area is 297 Å². The molecular weight excluding hydrogens is 654 g/mol. The van der Waals surface area contributed by atoms with Crippen LogP contribution >= 0.6 is 0 Å². The van der Waals surface area contributed by atoms with Crippen molar-refractivity contribution in [2.24, 2.45) is 0 Å². The van der Waals surface area contributed by atoms with Crippen LogP contribution in [0.4, 0.5) is 4.79 Å². The minimum Gasteiger partial charge on any atom is -0.461 e. The molecule has 1 heterocycles. The predicted molar refractivity (Wildman–Crippen MR) is 187 cm³/mol. The van der Waals surface area contributed by atoms with Crippen molar-refractivity contribution < 1.29 is 43.0 Å². The molecule has 1 fully saturated rings. The molecule has 3 aromatic carbocycles. The zero-order valence-electron chi connectivity index (χ0n) is 29.2. The van der Waals surface area contributed by atoms with Gasteiger partial charge in [-0.25, -0.2) is 9.59 Å². The van der Waals surface area contributed by atoms with Crippen LogP contribution in [0.5, 0.6) is 0 Å². The van der Waals surface area contributed by atoms with Crippen molar-refractivity contribution >= 4 is 35.6 Å². The number of hydrogen-bond donors (Lipinski definition) is 2. The maximum Gasteiger partial charge on any atom is 0.408 e. The van der Waals surface area contributed by atoms with E-state index in [1.54, 1.807) is 75.4 Å². The van der Waals surface area contributed by atoms with Crippen LogP contribution in [-0.4, -0.2) is 77.4 Å². The second-order valence-corrected chi connectivity index (χ2v) is 13.2. The lowest BCUT2D eigenvalue weighted by molar-refractivity contribution is -0.153. The number of benzene rings is 3. The summed E-state index contributed by atoms with van der Waals surface area (Å²) in [7, 11) is 0. The molecule has 0 bridgehead atoms. The van der Waals surface area contributed by atoms with E-state index in [9.17, 15) is 28.8 Å². The monoisotopic (exact) mass is 699 g/mol. The third-order valence-corrected chi connectivity index (χ3v) is 8.03. The quantitative estimate of drug-likeness (QED) is 0.132. The number of Topliss-reactive ketones (excluding diaryl/α,β-unsaturated/α-hetero) is 1. The minimum atomic E-state index is -1.26. The zero-order chi connectivity index (χ0) is 36.8. The van der Waals surface area contributed by atoms with Crippen molar-refractivity contribution in [3.05, 3.63) is 108 Å². The van der Waals surface area contributed by atoms with E-state index >= 15 is 0 Å². The Balaban J connectivity index is 1.50. The Hall–Kier alpha value is -5.52. The molecule has 3 amide bonds. The molecule has 0 unspecified atom stereocenters. The van der Waals surface area contributed by atoms with Crippen LogP contribution < -0.4 is 10.6 Å². The maximum atomic E-state index is 14.1. The highest BCUT2D eigenvalue weighted by Crippen LogP contribution is 2.21. The summed E-state index contributed by atoms with van der Waals surface area (Å²) in [6, 6.07) is 23.1. The van der Waals surface area contributed by atoms with Gasteiger partial charge in [-0.2, -0.15) is 0 Å². The maximum absolute atomic E-state index is 14.1. The molecule has 12 nitrogen and oxygen atoms in total. The van der Waals surface area contributed by atoms with Crippen LogP contribution in [-0.2, 0) is 46.4 Å². The Bertz CT molecular complexity index is 1640. The first-order chi connectivity index (χ1) is 24.4. The molecule has 0 aliphatic carbocycles. The molecule has 1 aliphatic heterocycles. The highest BCUT2D eigenvalue weighted by Gasteiger charge is 2.39. The molecule has 1 aliphatic rings. The Morgan fingerprint density at radius 2 is 1.39 bits per heavy atom. The van der Waals surface area contributed by atoms with Crippen LogP contribution in [0.1, 0.15) is 67.9 Å². The summed E-state index contributed by atoms with van der Waals surface area (Å²) >= 11 is 0. The van der Waals surface area contributed by atoms with E-state index in [-0.39, 0.29) is 38.2 Å². The number of hydrogen-bond acceptors (Lipinski definition) is 9. The number of nitrogens with one attached hydrogen (secondary N) is 2. The lowest BCUT2D eigenvalue weighted by atomic mass is 10.0. The molecular formula is C39H45N3O9. The zero-order valence-corrected chi connectivity index (χ0v) is 29.2. The van der Waals surface area contributed by atoms with Crippen LogP contribution in [0, 0.1) is 0 Å². The van der Waals surface area contributed by atoms with Gasteiger partial charge in [0.1, 0.15) is 30.3 Å². The van der Waals surface area contributed by atoms with E-state index in [2.05, 4.69) is 10.6 Å². The number of carbonyl (C=O) groups excluding carboxylic acids is 6. The molecule has 4 rings (SSSR count). The normalized spacial score (nSPS) is 15.2. The molecule has 0 aromatic heterocycles. The summed E-state index contributed by atoms with van der Waals surface area (Å²) in [5, 5.41) is 5.34. The van der Waals surface area contributed by atoms with E-state index in [0.29, 0.717) is 18.4 Å². The first-order valence-electron chi connectivity index (χ1n) is 17.0. The van der Waals surface area contributed by atoms with E-state index in [4.69, 9.17) is 14.2 Å². The van der Waals surface area contributed by atoms with Crippen molar-refractivity contribution in [3.8, 4) is 0 Å². The number of esters is 2. The van der Waals surface area contributed by atoms with Gasteiger partial charge >= 0.3 is 18.0 Å². The first kappa shape index (κ1) is 38.3. The van der Waals surface area contributed by atoms with Gasteiger partial charge in [-0.1, -0.05) is 91.0 Å². The van der Waals surface area contributed by atoms with Gasteiger partial charge < -0.3 is 29.7 Å². The number of alkyl carbamates (subject to hydrolysis) is 1. The van der Waals surface area contributed by atoms with Gasteiger partial charge in [-0.05, 0) is 51.2 Å². The molecule has 51 heavy (non-hydrogen) atoms. The van der Waals surface area contributed by atoms with Gasteiger partial charge in [0.15, 0.2) is 12.4 Å². The molecule has 3 atom stereocenters. The average molecular weight is 700 g/mol. The second kappa shape index (κ2) is 18.5. The van der Waals surface area contributed by atoms with Crippen LogP contribution in [0.15, 0.2) is 91.0 Å². The van der Waals surface area contributed by atoms with Crippen LogP contribution in [0.25, 0.3) is 0 Å². The topological polar surface area (TPSA) is 157 Å². The Morgan fingerprint density at radius 1 is 0.784 bits per heavy atom. The summed E-state index contributed by atoms with van der Waals surface area (Å²) in [6.07, 6.45) is -0.331. The van der Waals surface area contributed by atoms with Crippen molar-refractivity contribution in [3.63, 3.8) is 0 Å². The summed E-state index contributed by atoms with van der Waals surface area (Å²) < 4.78 is 16.1. The third-order valence-electron chi connectivity index (χ3n) is 8.03. The fraction of sp³-hybridized carbons (Fsp3) is 0.385. The molecule has 0 spiro atoms. The molecule has 270 valence electrons. The SMILES string of the molecule is CC(C)(C)OC(=O)N[C@@H](Cc1ccccc1)C(=O)N[C@@H](CCC(=O)OCc1ccccc1)C(=O)N1CCC[C@H]1C(=O)OCC(=O)c1ccccc1. The summed E-state index contributed by atoms with van der Waals surface area (Å²) in [6.45, 7) is 4.82. The smallest absolute Gasteiger partial charge is 0.408 e. The van der Waals surface area contributed by atoms with Gasteiger partial charge in [0.05, 0.1) is 0 Å². The van der Waals surface area contributed by atoms with Gasteiger partial charge in [0, 0.05) is 24.9 Å². The third kappa shape index (κ3) is 12.4. The predicted octanol–water partition coefficient (Wildman–Crippen LogP) is 4.55. The summed E-state index contributed by atoms with van der Waals surface area (Å²) in [5.41, 5.74) is 1.08. The van der Waals surface area contributed by atoms with Crippen molar-refractivity contribution in [1.29, 1.82) is 0 Å². The number of ketones is 1. The lowest BCUT2D eigenvalue weighted by Gasteiger charge is -2.29. The Morgan fingerprint density at radius 3 is 2.02 bits per heavy atom. The molecule has 12 heteroatoms. The highest BCUT2D eigenvalue weighted by atomic mass is 16.6. The summed E-state index contributed by atoms with van der Waals surface area (Å²) in [5.74, 6) is -3.02. The van der Waals surface area contributed by atoms with Gasteiger partial charge in [-0.15, -0.1) is 0 Å². The van der Waals surface area contributed by atoms with Crippen LogP contribution in [0.3, 0.4) is 0 Å². The van der Waals surface area contributed by atoms with E-state index in [1.807, 2.05) is 36.4 Å². The lowest BCUT2D eigenvalue weighted by Crippen LogP contribution is -2.56. The standard InChI is InChI=1S/C39H45N3O9/c1-39(2,3)51-38(48)41-31(24-27-14-7-4-8-15-27)35(45)40-30(21-22-34(44)49-25-28-16-9-5-10-17-28)36(46)42-23-13-20-32(42)37(47)50-26-33(43)29-18-11-6-12-19-29/h4-12,14-19,30-32H,13,20-26H2,1-3H3,(H,40,45)(H,41,48)/t30-,31-,32-/m0/s1. The number of carbonyl (C=O) groups is 6. The first-order valence-corrected chi connectivity index (χ1v) is 17.0. The number of likely N-dealkylation sites (tertiary alicyclic amines) is 1. The molecule has 1 saturated heterocycles. The van der Waals surface area contributed by atoms with Gasteiger partial charge in [0.2, 0.25) is 11.8 Å². The van der Waals surface area contributed by atoms with E-state index in [0.717, 1.165) is 11.1 Å². The number of amides is 3. The fourth-order valence-electron chi connectivity index (χ4n) is 5.53. The van der Waals surface area contributed by atoms with E-state index in [1.165, 1.54) is 4.90 Å². The largest absolute Gasteiger partial charge is 0.461 e.